The van der Waals surface area contributed by atoms with Crippen LogP contribution < -0.4 is 0 Å². The molecular formula is C39H67O9P. The van der Waals surface area contributed by atoms with Crippen LogP contribution >= 0.6 is 7.82 Å². The van der Waals surface area contributed by atoms with Gasteiger partial charge in [-0.3, -0.25) is 14.1 Å². The zero-order valence-corrected chi connectivity index (χ0v) is 31.3. The summed E-state index contributed by atoms with van der Waals surface area (Å²) in [5, 5.41) is 9.77. The third-order valence-electron chi connectivity index (χ3n) is 7.58. The standard InChI is InChI=1S/C39H67O9P/c1-3-5-7-8-9-10-11-12-17-20-23-26-29-33-39(42)48-37(35-47-49(43,44)45)34-46-38(41)32-28-25-22-19-16-14-13-15-18-21-24-27-31-36(40)30-6-4-2/h10-11,13-14,18-19,21-22,27,31,36-37,40H,3-9,12,15-17,20,23-26,28-30,32-35H2,1-2H3,(H2,43,44,45)/b11-10-,14-13-,21-18-,22-19-,31-27-/t36-,37+/m0/s1. The number of hydrogen-bond acceptors (Lipinski definition) is 7. The largest absolute Gasteiger partial charge is 0.469 e. The molecule has 0 aliphatic heterocycles. The van der Waals surface area contributed by atoms with Crippen LogP contribution in [0.15, 0.2) is 60.8 Å². The summed E-state index contributed by atoms with van der Waals surface area (Å²) in [6.45, 7) is 3.43. The molecule has 0 aromatic heterocycles. The Balaban J connectivity index is 4.13. The second-order valence-electron chi connectivity index (χ2n) is 12.4. The molecule has 0 unspecified atom stereocenters. The highest BCUT2D eigenvalue weighted by Gasteiger charge is 2.22. The van der Waals surface area contributed by atoms with Gasteiger partial charge in [0, 0.05) is 12.8 Å². The summed E-state index contributed by atoms with van der Waals surface area (Å²) in [4.78, 5) is 42.6. The van der Waals surface area contributed by atoms with Crippen molar-refractivity contribution in [1.82, 2.24) is 0 Å². The molecule has 0 saturated heterocycles. The Morgan fingerprint density at radius 2 is 1.12 bits per heavy atom. The molecule has 0 radical (unpaired) electrons. The summed E-state index contributed by atoms with van der Waals surface area (Å²) >= 11 is 0. The van der Waals surface area contributed by atoms with Crippen molar-refractivity contribution in [2.45, 2.75) is 161 Å². The van der Waals surface area contributed by atoms with Gasteiger partial charge in [-0.25, -0.2) is 4.57 Å². The molecule has 0 amide bonds. The van der Waals surface area contributed by atoms with E-state index >= 15 is 0 Å². The summed E-state index contributed by atoms with van der Waals surface area (Å²) in [7, 11) is -4.77. The van der Waals surface area contributed by atoms with Gasteiger partial charge in [-0.15, -0.1) is 0 Å². The third kappa shape index (κ3) is 36.8. The van der Waals surface area contributed by atoms with Crippen molar-refractivity contribution in [3.05, 3.63) is 60.8 Å². The quantitative estimate of drug-likeness (QED) is 0.0263. The summed E-state index contributed by atoms with van der Waals surface area (Å²) < 4.78 is 26.2. The molecule has 0 bridgehead atoms. The summed E-state index contributed by atoms with van der Waals surface area (Å²) in [5.41, 5.74) is 0. The van der Waals surface area contributed by atoms with Gasteiger partial charge in [0.2, 0.25) is 0 Å². The molecule has 3 N–H and O–H groups in total. The highest BCUT2D eigenvalue weighted by atomic mass is 31.2. The molecule has 0 saturated carbocycles. The lowest BCUT2D eigenvalue weighted by atomic mass is 10.1. The highest BCUT2D eigenvalue weighted by molar-refractivity contribution is 7.46. The van der Waals surface area contributed by atoms with Crippen molar-refractivity contribution >= 4 is 19.8 Å². The van der Waals surface area contributed by atoms with Gasteiger partial charge in [0.15, 0.2) is 6.10 Å². The van der Waals surface area contributed by atoms with Crippen LogP contribution in [0.3, 0.4) is 0 Å². The number of allylic oxidation sites excluding steroid dienone is 9. The Morgan fingerprint density at radius 3 is 1.76 bits per heavy atom. The van der Waals surface area contributed by atoms with Gasteiger partial charge in [-0.2, -0.15) is 0 Å². The van der Waals surface area contributed by atoms with Crippen molar-refractivity contribution in [3.63, 3.8) is 0 Å². The second-order valence-corrected chi connectivity index (χ2v) is 13.6. The molecule has 282 valence electrons. The third-order valence-corrected chi connectivity index (χ3v) is 8.06. The minimum absolute atomic E-state index is 0.170. The smallest absolute Gasteiger partial charge is 0.462 e. The van der Waals surface area contributed by atoms with Gasteiger partial charge in [0.05, 0.1) is 12.7 Å². The molecule has 0 fully saturated rings. The van der Waals surface area contributed by atoms with Gasteiger partial charge in [0.25, 0.3) is 0 Å². The van der Waals surface area contributed by atoms with Crippen molar-refractivity contribution in [2.75, 3.05) is 13.2 Å². The van der Waals surface area contributed by atoms with E-state index in [1.165, 1.54) is 25.7 Å². The number of phosphoric ester groups is 1. The monoisotopic (exact) mass is 710 g/mol. The Bertz CT molecular complexity index is 996. The van der Waals surface area contributed by atoms with Crippen molar-refractivity contribution in [3.8, 4) is 0 Å². The maximum absolute atomic E-state index is 12.3. The fraction of sp³-hybridized carbons (Fsp3) is 0.692. The van der Waals surface area contributed by atoms with Gasteiger partial charge < -0.3 is 24.4 Å². The SMILES string of the molecule is CCCCCC/C=C\CCCCCCCC(=O)O[C@H](COC(=O)CCC/C=C\C/C=C\C/C=C\C/C=C\[C@@H](O)CCCC)COP(=O)(O)O. The number of unbranched alkanes of at least 4 members (excludes halogenated alkanes) is 11. The van der Waals surface area contributed by atoms with E-state index in [2.05, 4.69) is 54.8 Å². The van der Waals surface area contributed by atoms with E-state index in [1.807, 2.05) is 24.3 Å². The minimum atomic E-state index is -4.77. The number of phosphoric acid groups is 1. The summed E-state index contributed by atoms with van der Waals surface area (Å²) in [6.07, 6.45) is 38.5. The molecule has 2 atom stereocenters. The van der Waals surface area contributed by atoms with E-state index in [4.69, 9.17) is 19.3 Å². The van der Waals surface area contributed by atoms with Gasteiger partial charge in [0.1, 0.15) is 6.61 Å². The van der Waals surface area contributed by atoms with Crippen molar-refractivity contribution < 1.29 is 43.0 Å². The fourth-order valence-electron chi connectivity index (χ4n) is 4.73. The molecule has 0 spiro atoms. The summed E-state index contributed by atoms with van der Waals surface area (Å²) in [5.74, 6) is -0.989. The van der Waals surface area contributed by atoms with Crippen molar-refractivity contribution in [2.24, 2.45) is 0 Å². The number of carbonyl (C=O) groups is 2. The van der Waals surface area contributed by atoms with Crippen molar-refractivity contribution in [1.29, 1.82) is 0 Å². The van der Waals surface area contributed by atoms with Crippen LogP contribution in [0.5, 0.6) is 0 Å². The first-order valence-electron chi connectivity index (χ1n) is 18.7. The number of aliphatic hydroxyl groups excluding tert-OH is 1. The van der Waals surface area contributed by atoms with Crippen LogP contribution in [-0.2, 0) is 28.2 Å². The predicted octanol–water partition coefficient (Wildman–Crippen LogP) is 9.92. The predicted molar refractivity (Wildman–Crippen MR) is 199 cm³/mol. The summed E-state index contributed by atoms with van der Waals surface area (Å²) in [6, 6.07) is 0. The molecule has 0 aromatic rings. The number of aliphatic hydroxyl groups is 1. The average molecular weight is 711 g/mol. The highest BCUT2D eigenvalue weighted by Crippen LogP contribution is 2.36. The molecule has 0 aliphatic carbocycles. The lowest BCUT2D eigenvalue weighted by Gasteiger charge is -2.18. The topological polar surface area (TPSA) is 140 Å². The number of hydrogen-bond donors (Lipinski definition) is 3. The van der Waals surface area contributed by atoms with Crippen LogP contribution in [0.25, 0.3) is 0 Å². The van der Waals surface area contributed by atoms with E-state index < -0.39 is 32.5 Å². The number of esters is 2. The van der Waals surface area contributed by atoms with E-state index in [0.717, 1.165) is 77.0 Å². The molecule has 49 heavy (non-hydrogen) atoms. The van der Waals surface area contributed by atoms with Crippen LogP contribution in [0.2, 0.25) is 0 Å². The zero-order chi connectivity index (χ0) is 36.3. The number of carbonyl (C=O) groups excluding carboxylic acids is 2. The maximum Gasteiger partial charge on any atom is 0.469 e. The molecule has 0 aromatic carbocycles. The van der Waals surface area contributed by atoms with E-state index in [0.29, 0.717) is 19.3 Å². The number of ether oxygens (including phenoxy) is 2. The van der Waals surface area contributed by atoms with E-state index in [9.17, 15) is 19.3 Å². The lowest BCUT2D eigenvalue weighted by Crippen LogP contribution is -2.29. The Labute approximate surface area is 297 Å². The fourth-order valence-corrected chi connectivity index (χ4v) is 5.09. The normalized spacial score (nSPS) is 13.8. The van der Waals surface area contributed by atoms with Gasteiger partial charge in [-0.1, -0.05) is 126 Å². The zero-order valence-electron chi connectivity index (χ0n) is 30.4. The number of rotatable bonds is 33. The average Bonchev–Trinajstić information content (AvgIpc) is 3.06. The van der Waals surface area contributed by atoms with Gasteiger partial charge >= 0.3 is 19.8 Å². The van der Waals surface area contributed by atoms with E-state index in [-0.39, 0.29) is 25.6 Å². The van der Waals surface area contributed by atoms with Crippen LogP contribution in [0.1, 0.15) is 149 Å². The molecule has 0 rings (SSSR count). The molecular weight excluding hydrogens is 643 g/mol. The first kappa shape index (κ1) is 46.7. The van der Waals surface area contributed by atoms with Gasteiger partial charge in [-0.05, 0) is 70.6 Å². The molecule has 10 heteroatoms. The molecule has 9 nitrogen and oxygen atoms in total. The Kier molecular flexibility index (Phi) is 32.6. The second kappa shape index (κ2) is 34.2. The van der Waals surface area contributed by atoms with E-state index in [1.54, 1.807) is 0 Å². The molecule has 0 aliphatic rings. The first-order chi connectivity index (χ1) is 23.7. The van der Waals surface area contributed by atoms with Crippen LogP contribution in [0.4, 0.5) is 0 Å². The van der Waals surface area contributed by atoms with Crippen LogP contribution in [0, 0.1) is 0 Å². The molecule has 0 heterocycles. The maximum atomic E-state index is 12.3. The minimum Gasteiger partial charge on any atom is -0.462 e. The Morgan fingerprint density at radius 1 is 0.612 bits per heavy atom. The van der Waals surface area contributed by atoms with Crippen LogP contribution in [-0.4, -0.2) is 52.3 Å². The Hall–Kier alpha value is -2.29. The first-order valence-corrected chi connectivity index (χ1v) is 20.2. The lowest BCUT2D eigenvalue weighted by molar-refractivity contribution is -0.161.